The lowest BCUT2D eigenvalue weighted by Gasteiger charge is -2.31. The van der Waals surface area contributed by atoms with Crippen molar-refractivity contribution >= 4 is 5.78 Å². The first-order chi connectivity index (χ1) is 6.80. The number of hydrogen-bond acceptors (Lipinski definition) is 3. The number of piperidine rings is 1. The lowest BCUT2D eigenvalue weighted by atomic mass is 9.98. The van der Waals surface area contributed by atoms with Crippen LogP contribution in [0.25, 0.3) is 0 Å². The molecule has 0 saturated carbocycles. The molecular formula is C9H14F3NO2. The van der Waals surface area contributed by atoms with Gasteiger partial charge in [0, 0.05) is 32.0 Å². The lowest BCUT2D eigenvalue weighted by molar-refractivity contribution is -0.208. The molecule has 0 radical (unpaired) electrons. The van der Waals surface area contributed by atoms with Crippen molar-refractivity contribution < 1.29 is 23.1 Å². The zero-order valence-corrected chi connectivity index (χ0v) is 8.42. The Morgan fingerprint density at radius 3 is 2.67 bits per heavy atom. The van der Waals surface area contributed by atoms with Crippen LogP contribution in [0.5, 0.6) is 0 Å². The Balaban J connectivity index is 2.43. The molecule has 15 heavy (non-hydrogen) atoms. The standard InChI is InChI=1S/C9H14F3NO2/c1-6-4-13(3-2-7(6)14)5-8(15)9(10,11)12/h6,8,15H,2-5H2,1H3/t6-,8+/m1/s1. The maximum Gasteiger partial charge on any atom is 0.415 e. The van der Waals surface area contributed by atoms with Gasteiger partial charge in [0.2, 0.25) is 0 Å². The number of carbonyl (C=O) groups excluding carboxylic acids is 1. The molecule has 1 saturated heterocycles. The molecule has 6 heteroatoms. The fourth-order valence-electron chi connectivity index (χ4n) is 1.61. The van der Waals surface area contributed by atoms with Gasteiger partial charge in [-0.1, -0.05) is 6.92 Å². The molecule has 0 aromatic heterocycles. The van der Waals surface area contributed by atoms with Crippen LogP contribution in [-0.2, 0) is 4.79 Å². The highest BCUT2D eigenvalue weighted by atomic mass is 19.4. The number of hydrogen-bond donors (Lipinski definition) is 1. The zero-order valence-electron chi connectivity index (χ0n) is 8.42. The van der Waals surface area contributed by atoms with E-state index in [1.165, 1.54) is 4.90 Å². The largest absolute Gasteiger partial charge is 0.415 e. The molecule has 0 amide bonds. The van der Waals surface area contributed by atoms with Crippen molar-refractivity contribution in [2.24, 2.45) is 5.92 Å². The van der Waals surface area contributed by atoms with E-state index < -0.39 is 18.8 Å². The summed E-state index contributed by atoms with van der Waals surface area (Å²) in [5.74, 6) is -0.160. The molecule has 3 nitrogen and oxygen atoms in total. The molecule has 1 N–H and O–H groups in total. The number of aliphatic hydroxyl groups is 1. The first-order valence-corrected chi connectivity index (χ1v) is 4.80. The van der Waals surface area contributed by atoms with E-state index in [1.807, 2.05) is 0 Å². The van der Waals surface area contributed by atoms with Crippen LogP contribution in [-0.4, -0.2) is 47.7 Å². The van der Waals surface area contributed by atoms with Crippen molar-refractivity contribution in [2.45, 2.75) is 25.6 Å². The van der Waals surface area contributed by atoms with E-state index in [0.29, 0.717) is 13.1 Å². The highest BCUT2D eigenvalue weighted by Crippen LogP contribution is 2.22. The van der Waals surface area contributed by atoms with E-state index in [2.05, 4.69) is 0 Å². The van der Waals surface area contributed by atoms with Crippen LogP contribution in [0.15, 0.2) is 0 Å². The summed E-state index contributed by atoms with van der Waals surface area (Å²) >= 11 is 0. The number of aliphatic hydroxyl groups excluding tert-OH is 1. The molecule has 0 bridgehead atoms. The Kier molecular flexibility index (Phi) is 3.72. The van der Waals surface area contributed by atoms with Crippen LogP contribution in [0.3, 0.4) is 0 Å². The molecule has 0 aromatic rings. The summed E-state index contributed by atoms with van der Waals surface area (Å²) in [5, 5.41) is 8.84. The normalized spacial score (nSPS) is 26.7. The maximum atomic E-state index is 12.0. The van der Waals surface area contributed by atoms with Crippen molar-refractivity contribution in [3.8, 4) is 0 Å². The average molecular weight is 225 g/mol. The topological polar surface area (TPSA) is 40.5 Å². The van der Waals surface area contributed by atoms with Gasteiger partial charge >= 0.3 is 6.18 Å². The van der Waals surface area contributed by atoms with E-state index in [1.54, 1.807) is 6.92 Å². The van der Waals surface area contributed by atoms with E-state index in [-0.39, 0.29) is 18.1 Å². The maximum absolute atomic E-state index is 12.0. The quantitative estimate of drug-likeness (QED) is 0.756. The average Bonchev–Trinajstić information content (AvgIpc) is 2.10. The van der Waals surface area contributed by atoms with Gasteiger partial charge in [-0.2, -0.15) is 13.2 Å². The molecule has 2 atom stereocenters. The van der Waals surface area contributed by atoms with Crippen molar-refractivity contribution in [3.63, 3.8) is 0 Å². The van der Waals surface area contributed by atoms with Crippen LogP contribution in [0.4, 0.5) is 13.2 Å². The number of rotatable bonds is 2. The Morgan fingerprint density at radius 2 is 2.20 bits per heavy atom. The Bertz CT molecular complexity index is 242. The second kappa shape index (κ2) is 4.49. The van der Waals surface area contributed by atoms with Crippen molar-refractivity contribution in [2.75, 3.05) is 19.6 Å². The molecule has 88 valence electrons. The minimum absolute atomic E-state index is 0.0766. The summed E-state index contributed by atoms with van der Waals surface area (Å²) in [6.07, 6.45) is -6.63. The third-order valence-electron chi connectivity index (χ3n) is 2.57. The fourth-order valence-corrected chi connectivity index (χ4v) is 1.61. The smallest absolute Gasteiger partial charge is 0.382 e. The SMILES string of the molecule is C[C@@H]1CN(C[C@H](O)C(F)(F)F)CCC1=O. The minimum atomic E-state index is -4.58. The third-order valence-corrected chi connectivity index (χ3v) is 2.57. The van der Waals surface area contributed by atoms with Crippen molar-refractivity contribution in [1.29, 1.82) is 0 Å². The van der Waals surface area contributed by atoms with Crippen LogP contribution in [0.2, 0.25) is 0 Å². The van der Waals surface area contributed by atoms with Gasteiger partial charge < -0.3 is 5.11 Å². The molecule has 1 heterocycles. The highest BCUT2D eigenvalue weighted by Gasteiger charge is 2.40. The predicted molar refractivity (Wildman–Crippen MR) is 47.3 cm³/mol. The number of nitrogens with zero attached hydrogens (tertiary/aromatic N) is 1. The molecular weight excluding hydrogens is 211 g/mol. The van der Waals surface area contributed by atoms with Crippen LogP contribution < -0.4 is 0 Å². The summed E-state index contributed by atoms with van der Waals surface area (Å²) in [7, 11) is 0. The number of β-amino-alcohol motifs (C(OH)–C–C–N with tert-alkyl or cyclic N) is 1. The van der Waals surface area contributed by atoms with E-state index in [9.17, 15) is 18.0 Å². The van der Waals surface area contributed by atoms with Crippen LogP contribution in [0, 0.1) is 5.92 Å². The number of Topliss-reactive ketones (excluding diaryl/α,β-unsaturated/α-hetero) is 1. The van der Waals surface area contributed by atoms with E-state index in [4.69, 9.17) is 5.11 Å². The zero-order chi connectivity index (χ0) is 11.6. The van der Waals surface area contributed by atoms with Crippen molar-refractivity contribution in [3.05, 3.63) is 0 Å². The molecule has 0 aromatic carbocycles. The molecule has 1 rings (SSSR count). The first-order valence-electron chi connectivity index (χ1n) is 4.80. The molecule has 1 aliphatic rings. The predicted octanol–water partition coefficient (Wildman–Crippen LogP) is 0.820. The number of alkyl halides is 3. The molecule has 1 aliphatic heterocycles. The summed E-state index contributed by atoms with van der Waals surface area (Å²) in [5.41, 5.74) is 0. The lowest BCUT2D eigenvalue weighted by Crippen LogP contribution is -2.46. The monoisotopic (exact) mass is 225 g/mol. The van der Waals surface area contributed by atoms with Gasteiger partial charge in [0.1, 0.15) is 5.78 Å². The Morgan fingerprint density at radius 1 is 1.60 bits per heavy atom. The van der Waals surface area contributed by atoms with Crippen LogP contribution in [0.1, 0.15) is 13.3 Å². The Labute approximate surface area is 85.9 Å². The molecule has 0 spiro atoms. The van der Waals surface area contributed by atoms with Gasteiger partial charge in [0.05, 0.1) is 0 Å². The number of halogens is 3. The minimum Gasteiger partial charge on any atom is -0.382 e. The first kappa shape index (κ1) is 12.4. The van der Waals surface area contributed by atoms with Gasteiger partial charge in [0.25, 0.3) is 0 Å². The van der Waals surface area contributed by atoms with Crippen LogP contribution >= 0.6 is 0 Å². The Hall–Kier alpha value is -0.620. The number of likely N-dealkylation sites (tertiary alicyclic amines) is 1. The van der Waals surface area contributed by atoms with Gasteiger partial charge in [-0.25, -0.2) is 0 Å². The molecule has 1 fully saturated rings. The number of ketones is 1. The van der Waals surface area contributed by atoms with E-state index >= 15 is 0 Å². The number of carbonyl (C=O) groups is 1. The van der Waals surface area contributed by atoms with Crippen molar-refractivity contribution in [1.82, 2.24) is 4.90 Å². The summed E-state index contributed by atoms with van der Waals surface area (Å²) in [6, 6.07) is 0. The summed E-state index contributed by atoms with van der Waals surface area (Å²) in [6.45, 7) is 1.85. The fraction of sp³-hybridized carbons (Fsp3) is 0.889. The summed E-state index contributed by atoms with van der Waals surface area (Å²) < 4.78 is 36.1. The third kappa shape index (κ3) is 3.46. The second-order valence-corrected chi connectivity index (χ2v) is 3.93. The van der Waals surface area contributed by atoms with Gasteiger partial charge in [-0.05, 0) is 0 Å². The van der Waals surface area contributed by atoms with Gasteiger partial charge in [-0.15, -0.1) is 0 Å². The highest BCUT2D eigenvalue weighted by molar-refractivity contribution is 5.81. The molecule has 0 unspecified atom stereocenters. The second-order valence-electron chi connectivity index (χ2n) is 3.93. The van der Waals surface area contributed by atoms with Gasteiger partial charge in [-0.3, -0.25) is 9.69 Å². The summed E-state index contributed by atoms with van der Waals surface area (Å²) in [4.78, 5) is 12.6. The van der Waals surface area contributed by atoms with E-state index in [0.717, 1.165) is 0 Å². The van der Waals surface area contributed by atoms with Gasteiger partial charge in [0.15, 0.2) is 6.10 Å². The molecule has 0 aliphatic carbocycles.